The third-order valence-corrected chi connectivity index (χ3v) is 6.77. The molecule has 0 saturated carbocycles. The van der Waals surface area contributed by atoms with E-state index in [-0.39, 0.29) is 0 Å². The van der Waals surface area contributed by atoms with Crippen molar-refractivity contribution in [1.82, 2.24) is 0 Å². The first-order valence-corrected chi connectivity index (χ1v) is 10.7. The van der Waals surface area contributed by atoms with Crippen LogP contribution in [-0.2, 0) is 10.0 Å². The van der Waals surface area contributed by atoms with E-state index in [9.17, 15) is 8.42 Å². The first-order valence-electron chi connectivity index (χ1n) is 9.18. The number of sulfonamides is 1. The molecule has 0 amide bonds. The third-order valence-electron chi connectivity index (χ3n) is 5.10. The molecular weight excluding hydrogens is 354 g/mol. The summed E-state index contributed by atoms with van der Waals surface area (Å²) in [6, 6.07) is 9.70. The third kappa shape index (κ3) is 3.72. The molecule has 0 atom stereocenters. The molecule has 0 saturated heterocycles. The van der Waals surface area contributed by atoms with Crippen LogP contribution in [0.2, 0.25) is 0 Å². The lowest BCUT2D eigenvalue weighted by molar-refractivity contribution is 0.600. The molecule has 0 unspecified atom stereocenters. The van der Waals surface area contributed by atoms with Crippen LogP contribution < -0.4 is 4.72 Å². The molecule has 4 heteroatoms. The molecule has 1 aliphatic rings. The van der Waals surface area contributed by atoms with Crippen molar-refractivity contribution in [1.29, 1.82) is 0 Å². The van der Waals surface area contributed by atoms with E-state index in [0.717, 1.165) is 39.8 Å². The van der Waals surface area contributed by atoms with Crippen LogP contribution in [0, 0.1) is 27.7 Å². The highest BCUT2D eigenvalue weighted by Gasteiger charge is 2.23. The van der Waals surface area contributed by atoms with E-state index in [2.05, 4.69) is 30.7 Å². The van der Waals surface area contributed by atoms with E-state index in [0.29, 0.717) is 10.6 Å². The van der Waals surface area contributed by atoms with E-state index < -0.39 is 10.0 Å². The Morgan fingerprint density at radius 1 is 0.852 bits per heavy atom. The van der Waals surface area contributed by atoms with Crippen molar-refractivity contribution in [3.8, 4) is 0 Å². The van der Waals surface area contributed by atoms with Crippen molar-refractivity contribution in [3.63, 3.8) is 0 Å². The summed E-state index contributed by atoms with van der Waals surface area (Å²) in [5.74, 6) is 0. The van der Waals surface area contributed by atoms with Crippen LogP contribution in [0.4, 0.5) is 5.69 Å². The topological polar surface area (TPSA) is 46.2 Å². The number of hydrogen-bond acceptors (Lipinski definition) is 2. The van der Waals surface area contributed by atoms with Crippen LogP contribution in [0.25, 0.3) is 5.57 Å². The zero-order valence-corrected chi connectivity index (χ0v) is 17.7. The zero-order chi connectivity index (χ0) is 19.9. The Morgan fingerprint density at radius 2 is 1.48 bits per heavy atom. The highest BCUT2D eigenvalue weighted by Crippen LogP contribution is 2.39. The maximum absolute atomic E-state index is 13.2. The van der Waals surface area contributed by atoms with Gasteiger partial charge in [-0.2, -0.15) is 0 Å². The van der Waals surface area contributed by atoms with E-state index in [1.54, 1.807) is 0 Å². The Hall–Kier alpha value is -2.33. The molecule has 0 radical (unpaired) electrons. The predicted octanol–water partition coefficient (Wildman–Crippen LogP) is 5.84. The molecule has 0 fully saturated rings. The van der Waals surface area contributed by atoms with Gasteiger partial charge in [0.15, 0.2) is 0 Å². The van der Waals surface area contributed by atoms with Crippen LogP contribution in [0.5, 0.6) is 0 Å². The van der Waals surface area contributed by atoms with E-state index >= 15 is 0 Å². The minimum Gasteiger partial charge on any atom is -0.279 e. The smallest absolute Gasteiger partial charge is 0.262 e. The number of allylic oxidation sites excluding steroid dienone is 4. The molecular formula is C23H27NO2S. The highest BCUT2D eigenvalue weighted by atomic mass is 32.2. The van der Waals surface area contributed by atoms with Gasteiger partial charge in [-0.25, -0.2) is 8.42 Å². The lowest BCUT2D eigenvalue weighted by Gasteiger charge is -2.18. The van der Waals surface area contributed by atoms with E-state index in [1.807, 2.05) is 52.0 Å². The molecule has 0 heterocycles. The first-order chi connectivity index (χ1) is 12.6. The number of benzene rings is 2. The van der Waals surface area contributed by atoms with Crippen LogP contribution in [0.1, 0.15) is 48.1 Å². The van der Waals surface area contributed by atoms with Gasteiger partial charge in [-0.05, 0) is 82.4 Å². The van der Waals surface area contributed by atoms with Crippen molar-refractivity contribution in [2.45, 2.75) is 52.9 Å². The van der Waals surface area contributed by atoms with Crippen molar-refractivity contribution >= 4 is 21.3 Å². The predicted molar refractivity (Wildman–Crippen MR) is 114 cm³/mol. The number of aryl methyl sites for hydroxylation is 4. The summed E-state index contributed by atoms with van der Waals surface area (Å²) >= 11 is 0. The largest absolute Gasteiger partial charge is 0.279 e. The quantitative estimate of drug-likeness (QED) is 0.722. The van der Waals surface area contributed by atoms with E-state index in [4.69, 9.17) is 0 Å². The van der Waals surface area contributed by atoms with Gasteiger partial charge in [-0.3, -0.25) is 4.72 Å². The minimum absolute atomic E-state index is 0.365. The minimum atomic E-state index is -3.68. The second-order valence-electron chi connectivity index (χ2n) is 7.63. The normalized spacial score (nSPS) is 14.5. The summed E-state index contributed by atoms with van der Waals surface area (Å²) in [7, 11) is -3.68. The Kier molecular flexibility index (Phi) is 5.04. The molecule has 0 spiro atoms. The summed E-state index contributed by atoms with van der Waals surface area (Å²) in [5, 5.41) is 0. The van der Waals surface area contributed by atoms with Crippen molar-refractivity contribution < 1.29 is 8.42 Å². The fraction of sp³-hybridized carbons (Fsp3) is 0.304. The average molecular weight is 382 g/mol. The highest BCUT2D eigenvalue weighted by molar-refractivity contribution is 7.92. The maximum Gasteiger partial charge on any atom is 0.262 e. The Bertz CT molecular complexity index is 1070. The molecule has 0 aliphatic heterocycles. The number of nitrogens with one attached hydrogen (secondary N) is 1. The number of hydrogen-bond donors (Lipinski definition) is 1. The number of rotatable bonds is 4. The van der Waals surface area contributed by atoms with Crippen LogP contribution in [-0.4, -0.2) is 8.42 Å². The molecule has 2 aromatic carbocycles. The fourth-order valence-corrected chi connectivity index (χ4v) is 5.56. The Labute approximate surface area is 162 Å². The van der Waals surface area contributed by atoms with Crippen molar-refractivity contribution in [2.75, 3.05) is 4.72 Å². The van der Waals surface area contributed by atoms with Gasteiger partial charge < -0.3 is 0 Å². The van der Waals surface area contributed by atoms with Gasteiger partial charge in [0.05, 0.1) is 10.6 Å². The fourth-order valence-electron chi connectivity index (χ4n) is 4.03. The average Bonchev–Trinajstić information content (AvgIpc) is 2.86. The monoisotopic (exact) mass is 381 g/mol. The molecule has 27 heavy (non-hydrogen) atoms. The molecule has 0 aromatic heterocycles. The molecule has 1 aliphatic carbocycles. The summed E-state index contributed by atoms with van der Waals surface area (Å²) in [5.41, 5.74) is 8.88. The molecule has 2 aromatic rings. The first kappa shape index (κ1) is 19.4. The van der Waals surface area contributed by atoms with Crippen LogP contribution >= 0.6 is 0 Å². The summed E-state index contributed by atoms with van der Waals surface area (Å²) in [4.78, 5) is 0.365. The van der Waals surface area contributed by atoms with Gasteiger partial charge in [-0.1, -0.05) is 41.0 Å². The second kappa shape index (κ2) is 7.01. The van der Waals surface area contributed by atoms with Gasteiger partial charge in [0.2, 0.25) is 0 Å². The van der Waals surface area contributed by atoms with E-state index in [1.165, 1.54) is 11.1 Å². The van der Waals surface area contributed by atoms with Gasteiger partial charge in [0, 0.05) is 5.56 Å². The molecule has 3 rings (SSSR count). The van der Waals surface area contributed by atoms with Gasteiger partial charge >= 0.3 is 0 Å². The second-order valence-corrected chi connectivity index (χ2v) is 9.25. The van der Waals surface area contributed by atoms with Crippen molar-refractivity contribution in [2.24, 2.45) is 0 Å². The van der Waals surface area contributed by atoms with Crippen LogP contribution in [0.3, 0.4) is 0 Å². The van der Waals surface area contributed by atoms with Crippen molar-refractivity contribution in [3.05, 3.63) is 75.4 Å². The summed E-state index contributed by atoms with van der Waals surface area (Å²) in [6.07, 6.45) is 3.11. The van der Waals surface area contributed by atoms with Gasteiger partial charge in [-0.15, -0.1) is 0 Å². The number of anilines is 1. The zero-order valence-electron chi connectivity index (χ0n) is 16.9. The van der Waals surface area contributed by atoms with Gasteiger partial charge in [0.1, 0.15) is 0 Å². The molecule has 0 bridgehead atoms. The summed E-state index contributed by atoms with van der Waals surface area (Å²) in [6.45, 7) is 11.9. The lowest BCUT2D eigenvalue weighted by Crippen LogP contribution is -2.17. The summed E-state index contributed by atoms with van der Waals surface area (Å²) < 4.78 is 29.3. The Morgan fingerprint density at radius 3 is 2.04 bits per heavy atom. The lowest BCUT2D eigenvalue weighted by atomic mass is 9.96. The van der Waals surface area contributed by atoms with Gasteiger partial charge in [0.25, 0.3) is 10.0 Å². The van der Waals surface area contributed by atoms with Crippen LogP contribution in [0.15, 0.2) is 52.4 Å². The maximum atomic E-state index is 13.2. The molecule has 3 nitrogen and oxygen atoms in total. The SMILES string of the molecule is CC1=CCC(C)=C1c1cc(C)ccc1NS(=O)(=O)c1c(C)cc(C)cc1C. The standard InChI is InChI=1S/C23H27NO2S/c1-14-7-10-21(20(13-14)22-16(3)8-9-17(22)4)24-27(25,26)23-18(5)11-15(2)12-19(23)6/h7-8,10-13,24H,9H2,1-6H3. The Balaban J connectivity index is 2.12. The molecule has 1 N–H and O–H groups in total. The molecule has 142 valence electrons.